The number of aryl methyl sites for hydroxylation is 12. The van der Waals surface area contributed by atoms with Crippen molar-refractivity contribution in [2.24, 2.45) is 127 Å². The summed E-state index contributed by atoms with van der Waals surface area (Å²) >= 11 is 0. The van der Waals surface area contributed by atoms with Gasteiger partial charge in [-0.05, 0) is 210 Å². The lowest BCUT2D eigenvalue weighted by Gasteiger charge is -2.59. The fraction of sp³-hybridized carbons (Fsp3) is 0.741. The Morgan fingerprint density at radius 2 is 0.616 bits per heavy atom. The van der Waals surface area contributed by atoms with Gasteiger partial charge in [-0.25, -0.2) is 9.69 Å². The number of aromatic nitrogens is 12. The molecular weight excluding hydrogens is 1730 g/mol. The number of hydrogen-bond donors (Lipinski definition) is 3. The lowest BCUT2D eigenvalue weighted by Crippen LogP contribution is -2.61. The highest BCUT2D eigenvalue weighted by molar-refractivity contribution is 6.00. The molecule has 17 aliphatic rings. The fourth-order valence-corrected chi connectivity index (χ4v) is 33.7. The maximum atomic E-state index is 12.7. The minimum Gasteiger partial charge on any atom is -0.523 e. The molecule has 6 aromatic rings. The number of aliphatic hydroxyl groups excluding tert-OH is 3. The first-order valence-corrected chi connectivity index (χ1v) is 52.0. The summed E-state index contributed by atoms with van der Waals surface area (Å²) in [7, 11) is 12.1. The van der Waals surface area contributed by atoms with Crippen molar-refractivity contribution < 1.29 is 58.1 Å². The van der Waals surface area contributed by atoms with E-state index in [0.717, 1.165) is 160 Å². The van der Waals surface area contributed by atoms with E-state index >= 15 is 0 Å². The van der Waals surface area contributed by atoms with Crippen molar-refractivity contribution in [3.8, 4) is 0 Å². The number of ether oxygens (including phenoxy) is 6. The van der Waals surface area contributed by atoms with Crippen LogP contribution >= 0.6 is 0 Å². The molecule has 0 radical (unpaired) electrons. The van der Waals surface area contributed by atoms with Gasteiger partial charge in [-0.15, -0.1) is 0 Å². The maximum Gasteiger partial charge on any atom is 0.203 e. The highest BCUT2D eigenvalue weighted by atomic mass is 16.8. The molecular formula is C112H162N14O12. The minimum absolute atomic E-state index is 0.0196. The maximum absolute atomic E-state index is 12.7. The Morgan fingerprint density at radius 1 is 0.341 bits per heavy atom. The molecule has 0 aromatic carbocycles. The number of rotatable bonds is 0. The zero-order valence-electron chi connectivity index (χ0n) is 88.5. The van der Waals surface area contributed by atoms with Gasteiger partial charge in [-0.1, -0.05) is 145 Å². The standard InChI is InChI=1S/2C17H26N2O2.2C16H21N3O.C16H24O4.2C15H22N2O/c1-15(2)13-6-5-12-11-19(4)18-14(12)16(13,3)7-8-17(15)20-9-10-21-17;1-15(2)13-6-5-12-11-18-19(4)14(12)16(13,3)7-8-17(15)20-9-10-21-17;1-15(2)12-7-6-10-9-19(5)18-13(10)16(12,3)8-11(17-4)14(15)20;1-15(2)12-7-6-10-9-18-19(5)13(10)16(12,3)8-11(17-4)14(15)20;1-14(2)12-5-4-11(10-17)13(18)15(12,3)6-7-16(14)19-8-9-20-16;1-14(2)11-6-5-10-9-17(4)16-13(10)15(11,3)8-7-12(14)18;1-14(2)11-6-5-10-9-16-17(4)13(10)15(11,3)8-7-12(14)18/h2*11,13H,5-10H2,1-4H3;2*9,12,20H,6-8H2,1-3,5H3;10,12,17H,4-9H2,1-3H3;2*9,11H,5-8H2,1-4H3/b;;;;11-10+;;/t2*13-,16-;2*12-,16-;12-,15-;2*11-,15-/m0000000/s1. The van der Waals surface area contributed by atoms with E-state index in [-0.39, 0.29) is 99.4 Å². The van der Waals surface area contributed by atoms with E-state index in [2.05, 4.69) is 205 Å². The molecule has 9 fully saturated rings. The van der Waals surface area contributed by atoms with Gasteiger partial charge in [0.1, 0.15) is 23.1 Å². The van der Waals surface area contributed by atoms with Crippen molar-refractivity contribution in [3.05, 3.63) is 162 Å². The lowest BCUT2D eigenvalue weighted by atomic mass is 9.48. The lowest BCUT2D eigenvalue weighted by molar-refractivity contribution is -0.281. The normalized spacial score (nSPS) is 35.0. The van der Waals surface area contributed by atoms with Crippen LogP contribution in [0.15, 0.2) is 71.9 Å². The Bertz CT molecular complexity index is 5910. The summed E-state index contributed by atoms with van der Waals surface area (Å²) in [5, 5.41) is 57.7. The summed E-state index contributed by atoms with van der Waals surface area (Å²) in [5.41, 5.74) is 16.2. The van der Waals surface area contributed by atoms with Gasteiger partial charge in [0, 0.05) is 191 Å². The molecule has 6 saturated carbocycles. The number of Topliss-reactive ketones (excluding diaryl/α,β-unsaturated/α-hetero) is 3. The molecule has 0 unspecified atom stereocenters. The predicted molar refractivity (Wildman–Crippen MR) is 529 cm³/mol. The average Bonchev–Trinajstić information content (AvgIpc) is 1.47. The summed E-state index contributed by atoms with van der Waals surface area (Å²) in [6, 6.07) is 0. The summed E-state index contributed by atoms with van der Waals surface area (Å²) in [5.74, 6) is 3.19. The first-order chi connectivity index (χ1) is 64.5. The Labute approximate surface area is 820 Å². The number of nitrogens with zero attached hydrogens (tertiary/aromatic N) is 14. The molecule has 26 nitrogen and oxygen atoms in total. The molecule has 9 heterocycles. The second-order valence-corrected chi connectivity index (χ2v) is 50.4. The van der Waals surface area contributed by atoms with E-state index in [1.165, 1.54) is 74.7 Å². The van der Waals surface area contributed by atoms with Crippen LogP contribution < -0.4 is 0 Å². The van der Waals surface area contributed by atoms with Gasteiger partial charge in [0.15, 0.2) is 23.1 Å². The van der Waals surface area contributed by atoms with Gasteiger partial charge in [0.05, 0.1) is 94.7 Å². The van der Waals surface area contributed by atoms with Crippen LogP contribution in [0.5, 0.6) is 0 Å². The first kappa shape index (κ1) is 101. The van der Waals surface area contributed by atoms with Crippen LogP contribution in [-0.2, 0) is 156 Å². The number of carbonyl (C=O) groups excluding carboxylic acids is 3. The summed E-state index contributed by atoms with van der Waals surface area (Å²) < 4.78 is 48.4. The molecule has 138 heavy (non-hydrogen) atoms. The fourth-order valence-electron chi connectivity index (χ4n) is 33.7. The van der Waals surface area contributed by atoms with Crippen molar-refractivity contribution in [3.63, 3.8) is 0 Å². The summed E-state index contributed by atoms with van der Waals surface area (Å²) in [4.78, 5) is 44.3. The molecule has 26 heteroatoms. The molecule has 23 rings (SSSR count). The van der Waals surface area contributed by atoms with E-state index in [4.69, 9.17) is 51.8 Å². The Balaban J connectivity index is 0.000000111. The van der Waals surface area contributed by atoms with Crippen LogP contribution in [0.4, 0.5) is 0 Å². The SMILES string of the molecule is CC1(C)[C@@H]2CC/C(=C\O)C(=O)[C@@]2(C)CCC12OCCO2.Cn1cc2c(n1)[C@@]1(C)CCC(=O)C(C)(C)[C@@H]1CC2.Cn1cc2c(n1)[C@@]1(C)CCC3(OCCO3)C(C)(C)[C@@H]1CC2.Cn1ncc2c1[C@@]1(C)CCC(=O)C(C)(C)[C@@H]1CC2.Cn1ncc2c1[C@@]1(C)CCC3(OCCO3)C(C)(C)[C@@H]1CC2.[C-]#[N+]C1=C(O)C(C)(C)[C@@H]2CCc3cn(C)nc3[C@@]2(C)C1.[C-]#[N+]C1=C(O)C(C)(C)[C@@H]2CCc3cnn(C)c3[C@@]2(C)C1. The summed E-state index contributed by atoms with van der Waals surface area (Å²) in [6.07, 6.45) is 38.4. The monoisotopic (exact) mass is 1900 g/mol. The number of allylic oxidation sites excluding steroid dienone is 5. The third-order valence-electron chi connectivity index (χ3n) is 40.8. The van der Waals surface area contributed by atoms with Crippen LogP contribution in [0, 0.1) is 97.9 Å². The van der Waals surface area contributed by atoms with Crippen LogP contribution in [0.25, 0.3) is 9.69 Å². The Morgan fingerprint density at radius 3 is 0.993 bits per heavy atom. The van der Waals surface area contributed by atoms with Gasteiger partial charge >= 0.3 is 0 Å². The van der Waals surface area contributed by atoms with Gasteiger partial charge in [0.25, 0.3) is 0 Å². The van der Waals surface area contributed by atoms with Crippen LogP contribution in [-0.4, -0.2) is 148 Å². The molecule has 3 N–H and O–H groups in total. The molecule has 3 spiro atoms. The zero-order chi connectivity index (χ0) is 100. The van der Waals surface area contributed by atoms with Crippen molar-refractivity contribution >= 4 is 17.3 Å². The first-order valence-electron chi connectivity index (χ1n) is 52.0. The van der Waals surface area contributed by atoms with E-state index in [1.54, 1.807) is 0 Å². The van der Waals surface area contributed by atoms with Crippen LogP contribution in [0.1, 0.15) is 341 Å². The highest BCUT2D eigenvalue weighted by Crippen LogP contribution is 2.69. The van der Waals surface area contributed by atoms with Crippen molar-refractivity contribution in [2.45, 2.75) is 362 Å². The smallest absolute Gasteiger partial charge is 0.203 e. The van der Waals surface area contributed by atoms with E-state index in [9.17, 15) is 29.7 Å². The van der Waals surface area contributed by atoms with Gasteiger partial charge < -0.3 is 43.7 Å². The van der Waals surface area contributed by atoms with E-state index < -0.39 is 11.2 Å². The van der Waals surface area contributed by atoms with Crippen molar-refractivity contribution in [2.75, 3.05) is 39.6 Å². The van der Waals surface area contributed by atoms with Crippen molar-refractivity contribution in [1.82, 2.24) is 58.7 Å². The van der Waals surface area contributed by atoms with Gasteiger partial charge in [-0.3, -0.25) is 42.5 Å². The van der Waals surface area contributed by atoms with E-state index in [0.29, 0.717) is 115 Å². The molecule has 14 aliphatic carbocycles. The van der Waals surface area contributed by atoms with Gasteiger partial charge in [-0.2, -0.15) is 30.6 Å². The third-order valence-corrected chi connectivity index (χ3v) is 40.8. The molecule has 6 aromatic heterocycles. The van der Waals surface area contributed by atoms with Crippen LogP contribution in [0.2, 0.25) is 0 Å². The number of carbonyl (C=O) groups is 3. The molecule has 3 saturated heterocycles. The predicted octanol–water partition coefficient (Wildman–Crippen LogP) is 20.6. The summed E-state index contributed by atoms with van der Waals surface area (Å²) in [6.45, 7) is 65.5. The highest BCUT2D eigenvalue weighted by Gasteiger charge is 2.69. The van der Waals surface area contributed by atoms with Crippen LogP contribution in [0.3, 0.4) is 0 Å². The topological polar surface area (TPSA) is 283 Å². The van der Waals surface area contributed by atoms with Gasteiger partial charge in [0.2, 0.25) is 11.4 Å². The largest absolute Gasteiger partial charge is 0.523 e. The molecule has 3 aliphatic heterocycles. The zero-order valence-corrected chi connectivity index (χ0v) is 88.5. The minimum atomic E-state index is -0.530. The van der Waals surface area contributed by atoms with E-state index in [1.807, 2.05) is 78.0 Å². The number of fused-ring (bicyclic) bond motifs is 19. The molecule has 752 valence electrons. The quantitative estimate of drug-likeness (QED) is 0.0723. The molecule has 0 bridgehead atoms. The molecule has 14 atom stereocenters. The third kappa shape index (κ3) is 15.2. The Kier molecular flexibility index (Phi) is 25.5. The number of ketones is 3. The molecule has 0 amide bonds. The Hall–Kier alpha value is -8.37. The number of aliphatic hydroxyl groups is 3. The van der Waals surface area contributed by atoms with Crippen molar-refractivity contribution in [1.29, 1.82) is 0 Å². The number of hydrogen-bond acceptors (Lipinski definition) is 18. The second-order valence-electron chi connectivity index (χ2n) is 50.4. The second kappa shape index (κ2) is 34.7. The average molecular weight is 1900 g/mol.